The summed E-state index contributed by atoms with van der Waals surface area (Å²) in [6, 6.07) is 1.82. The molecule has 0 radical (unpaired) electrons. The zero-order valence-electron chi connectivity index (χ0n) is 11.5. The first-order valence-corrected chi connectivity index (χ1v) is 7.38. The van der Waals surface area contributed by atoms with E-state index < -0.39 is 0 Å². The monoisotopic (exact) mass is 294 g/mol. The molecule has 7 nitrogen and oxygen atoms in total. The van der Waals surface area contributed by atoms with Crippen molar-refractivity contribution in [2.45, 2.75) is 30.7 Å². The van der Waals surface area contributed by atoms with Crippen LogP contribution in [0.1, 0.15) is 20.3 Å². The summed E-state index contributed by atoms with van der Waals surface area (Å²) in [5.41, 5.74) is 0. The average Bonchev–Trinajstić information content (AvgIpc) is 2.93. The maximum Gasteiger partial charge on any atom is 0.256 e. The van der Waals surface area contributed by atoms with E-state index in [0.717, 1.165) is 6.54 Å². The largest absolute Gasteiger partial charge is 0.396 e. The highest BCUT2D eigenvalue weighted by molar-refractivity contribution is 7.99. The molecule has 2 aromatic heterocycles. The molecule has 8 heteroatoms. The Bertz CT molecular complexity index is 533. The fourth-order valence-electron chi connectivity index (χ4n) is 1.55. The molecule has 0 saturated heterocycles. The van der Waals surface area contributed by atoms with Crippen LogP contribution in [-0.2, 0) is 0 Å². The van der Waals surface area contributed by atoms with Crippen LogP contribution in [0.4, 0.5) is 5.95 Å². The van der Waals surface area contributed by atoms with Crippen molar-refractivity contribution in [1.82, 2.24) is 24.7 Å². The third-order valence-electron chi connectivity index (χ3n) is 2.49. The maximum atomic E-state index is 8.97. The molecule has 0 aromatic carbocycles. The Balaban J connectivity index is 2.26. The summed E-state index contributed by atoms with van der Waals surface area (Å²) in [4.78, 5) is 13.1. The molecular weight excluding hydrogens is 276 g/mol. The van der Waals surface area contributed by atoms with Crippen LogP contribution in [0.15, 0.2) is 23.6 Å². The standard InChI is InChI=1S/C12H18N6OS/c1-3-13-10-15-11(18-7-4-6-14-18)17-12(16-10)20-9(2)5-8-19/h4,6-7,9,19H,3,5,8H2,1-2H3,(H,13,15,16,17). The maximum absolute atomic E-state index is 8.97. The molecule has 2 aromatic rings. The van der Waals surface area contributed by atoms with Gasteiger partial charge in [-0.25, -0.2) is 4.68 Å². The predicted molar refractivity (Wildman–Crippen MR) is 78.1 cm³/mol. The fraction of sp³-hybridized carbons (Fsp3) is 0.500. The highest BCUT2D eigenvalue weighted by Gasteiger charge is 2.11. The number of rotatable bonds is 7. The first-order valence-electron chi connectivity index (χ1n) is 6.50. The van der Waals surface area contributed by atoms with Gasteiger partial charge in [-0.05, 0) is 19.4 Å². The van der Waals surface area contributed by atoms with Crippen LogP contribution >= 0.6 is 11.8 Å². The van der Waals surface area contributed by atoms with E-state index in [0.29, 0.717) is 23.5 Å². The second-order valence-corrected chi connectivity index (χ2v) is 5.57. The van der Waals surface area contributed by atoms with Crippen LogP contribution in [0, 0.1) is 0 Å². The summed E-state index contributed by atoms with van der Waals surface area (Å²) in [5.74, 6) is 1.02. The van der Waals surface area contributed by atoms with Gasteiger partial charge < -0.3 is 10.4 Å². The number of hydrogen-bond acceptors (Lipinski definition) is 7. The molecule has 2 N–H and O–H groups in total. The lowest BCUT2D eigenvalue weighted by Gasteiger charge is -2.10. The first-order chi connectivity index (χ1) is 9.72. The normalized spacial score (nSPS) is 12.3. The zero-order valence-corrected chi connectivity index (χ0v) is 12.3. The lowest BCUT2D eigenvalue weighted by Crippen LogP contribution is -2.11. The molecule has 0 aliphatic carbocycles. The molecule has 0 bridgehead atoms. The summed E-state index contributed by atoms with van der Waals surface area (Å²) in [7, 11) is 0. The van der Waals surface area contributed by atoms with Crippen LogP contribution in [0.25, 0.3) is 5.95 Å². The molecule has 1 atom stereocenters. The Hall–Kier alpha value is -1.67. The number of thioether (sulfide) groups is 1. The van der Waals surface area contributed by atoms with E-state index in [1.165, 1.54) is 11.8 Å². The quantitative estimate of drug-likeness (QED) is 0.745. The molecule has 0 fully saturated rings. The molecule has 0 saturated carbocycles. The number of nitrogens with one attached hydrogen (secondary N) is 1. The van der Waals surface area contributed by atoms with E-state index >= 15 is 0 Å². The summed E-state index contributed by atoms with van der Waals surface area (Å²) in [5, 5.41) is 17.1. The van der Waals surface area contributed by atoms with Crippen molar-refractivity contribution in [3.8, 4) is 5.95 Å². The number of hydrogen-bond donors (Lipinski definition) is 2. The van der Waals surface area contributed by atoms with Gasteiger partial charge >= 0.3 is 0 Å². The molecule has 0 aliphatic rings. The van der Waals surface area contributed by atoms with Gasteiger partial charge in [-0.3, -0.25) is 0 Å². The molecule has 2 heterocycles. The van der Waals surface area contributed by atoms with Gasteiger partial charge in [0, 0.05) is 30.8 Å². The lowest BCUT2D eigenvalue weighted by atomic mass is 10.4. The highest BCUT2D eigenvalue weighted by Crippen LogP contribution is 2.22. The van der Waals surface area contributed by atoms with Crippen molar-refractivity contribution in [3.63, 3.8) is 0 Å². The zero-order chi connectivity index (χ0) is 14.4. The van der Waals surface area contributed by atoms with Gasteiger partial charge in [0.15, 0.2) is 5.16 Å². The molecular formula is C12H18N6OS. The Morgan fingerprint density at radius 2 is 2.25 bits per heavy atom. The van der Waals surface area contributed by atoms with Crippen LogP contribution in [0.5, 0.6) is 0 Å². The van der Waals surface area contributed by atoms with Crippen molar-refractivity contribution in [2.75, 3.05) is 18.5 Å². The molecule has 20 heavy (non-hydrogen) atoms. The molecule has 0 spiro atoms. The average molecular weight is 294 g/mol. The van der Waals surface area contributed by atoms with Gasteiger partial charge in [-0.15, -0.1) is 0 Å². The van der Waals surface area contributed by atoms with Crippen LogP contribution in [-0.4, -0.2) is 48.2 Å². The van der Waals surface area contributed by atoms with Gasteiger partial charge in [0.2, 0.25) is 5.95 Å². The van der Waals surface area contributed by atoms with Gasteiger partial charge in [0.05, 0.1) is 0 Å². The number of anilines is 1. The number of nitrogens with zero attached hydrogens (tertiary/aromatic N) is 5. The third-order valence-corrected chi connectivity index (χ3v) is 3.52. The van der Waals surface area contributed by atoms with Crippen LogP contribution in [0.2, 0.25) is 0 Å². The Morgan fingerprint density at radius 1 is 1.40 bits per heavy atom. The minimum absolute atomic E-state index is 0.158. The Labute approximate surface area is 121 Å². The van der Waals surface area contributed by atoms with E-state index in [1.54, 1.807) is 17.1 Å². The van der Waals surface area contributed by atoms with E-state index in [2.05, 4.69) is 25.4 Å². The lowest BCUT2D eigenvalue weighted by molar-refractivity contribution is 0.289. The topological polar surface area (TPSA) is 88.8 Å². The van der Waals surface area contributed by atoms with Gasteiger partial charge in [0.1, 0.15) is 0 Å². The van der Waals surface area contributed by atoms with Gasteiger partial charge in [0.25, 0.3) is 5.95 Å². The van der Waals surface area contributed by atoms with E-state index in [4.69, 9.17) is 5.11 Å². The molecule has 108 valence electrons. The molecule has 0 aliphatic heterocycles. The van der Waals surface area contributed by atoms with Crippen molar-refractivity contribution < 1.29 is 5.11 Å². The number of aromatic nitrogens is 5. The first kappa shape index (κ1) is 14.7. The third kappa shape index (κ3) is 3.91. The van der Waals surface area contributed by atoms with E-state index in [1.807, 2.05) is 19.9 Å². The predicted octanol–water partition coefficient (Wildman–Crippen LogP) is 1.35. The van der Waals surface area contributed by atoms with Crippen LogP contribution < -0.4 is 5.32 Å². The van der Waals surface area contributed by atoms with Crippen molar-refractivity contribution >= 4 is 17.7 Å². The van der Waals surface area contributed by atoms with E-state index in [-0.39, 0.29) is 11.9 Å². The Kier molecular flexibility index (Phi) is 5.31. The SMILES string of the molecule is CCNc1nc(SC(C)CCO)nc(-n2cccn2)n1. The summed E-state index contributed by atoms with van der Waals surface area (Å²) < 4.78 is 1.60. The molecule has 1 unspecified atom stereocenters. The molecule has 0 amide bonds. The van der Waals surface area contributed by atoms with Crippen molar-refractivity contribution in [1.29, 1.82) is 0 Å². The van der Waals surface area contributed by atoms with Gasteiger partial charge in [-0.1, -0.05) is 18.7 Å². The van der Waals surface area contributed by atoms with E-state index in [9.17, 15) is 0 Å². The number of aliphatic hydroxyl groups is 1. The minimum Gasteiger partial charge on any atom is -0.396 e. The second-order valence-electron chi connectivity index (χ2n) is 4.16. The Morgan fingerprint density at radius 3 is 2.90 bits per heavy atom. The summed E-state index contributed by atoms with van der Waals surface area (Å²) in [6.07, 6.45) is 4.17. The second kappa shape index (κ2) is 7.20. The minimum atomic E-state index is 0.158. The molecule has 2 rings (SSSR count). The number of aliphatic hydroxyl groups excluding tert-OH is 1. The fourth-order valence-corrected chi connectivity index (χ4v) is 2.40. The summed E-state index contributed by atoms with van der Waals surface area (Å²) in [6.45, 7) is 4.91. The smallest absolute Gasteiger partial charge is 0.256 e. The summed E-state index contributed by atoms with van der Waals surface area (Å²) >= 11 is 1.52. The van der Waals surface area contributed by atoms with Crippen molar-refractivity contribution in [2.24, 2.45) is 0 Å². The van der Waals surface area contributed by atoms with Gasteiger partial charge in [-0.2, -0.15) is 20.1 Å². The van der Waals surface area contributed by atoms with Crippen molar-refractivity contribution in [3.05, 3.63) is 18.5 Å². The highest BCUT2D eigenvalue weighted by atomic mass is 32.2. The van der Waals surface area contributed by atoms with Crippen LogP contribution in [0.3, 0.4) is 0 Å².